The predicted molar refractivity (Wildman–Crippen MR) is 122 cm³/mol. The molecule has 2 aliphatic heterocycles. The van der Waals surface area contributed by atoms with E-state index in [1.165, 1.54) is 16.6 Å². The lowest BCUT2D eigenvalue weighted by molar-refractivity contribution is -0.167. The maximum absolute atomic E-state index is 13.0. The van der Waals surface area contributed by atoms with Crippen molar-refractivity contribution in [1.82, 2.24) is 10.3 Å². The second-order valence-electron chi connectivity index (χ2n) is 9.06. The van der Waals surface area contributed by atoms with Crippen molar-refractivity contribution < 1.29 is 17.9 Å². The first-order chi connectivity index (χ1) is 14.6. The van der Waals surface area contributed by atoms with Gasteiger partial charge in [-0.1, -0.05) is 6.92 Å². The molecule has 0 radical (unpaired) electrons. The van der Waals surface area contributed by atoms with Crippen molar-refractivity contribution in [2.45, 2.75) is 69.0 Å². The van der Waals surface area contributed by atoms with E-state index >= 15 is 0 Å². The number of thiophene rings is 1. The minimum atomic E-state index is -3.26. The van der Waals surface area contributed by atoms with Crippen LogP contribution in [0.15, 0.2) is 29.3 Å². The highest BCUT2D eigenvalue weighted by Gasteiger charge is 2.46. The molecule has 1 N–H and O–H groups in total. The number of ether oxygens (including phenoxy) is 1. The van der Waals surface area contributed by atoms with Gasteiger partial charge in [-0.25, -0.2) is 8.42 Å². The third-order valence-corrected chi connectivity index (χ3v) is 9.27. The molecule has 168 valence electrons. The summed E-state index contributed by atoms with van der Waals surface area (Å²) in [5.74, 6) is 0.154. The summed E-state index contributed by atoms with van der Waals surface area (Å²) >= 11 is 1.59. The van der Waals surface area contributed by atoms with E-state index in [1.54, 1.807) is 30.4 Å². The Morgan fingerprint density at radius 2 is 2.00 bits per heavy atom. The van der Waals surface area contributed by atoms with Crippen LogP contribution >= 0.6 is 11.3 Å². The Morgan fingerprint density at radius 3 is 2.65 bits per heavy atom. The summed E-state index contributed by atoms with van der Waals surface area (Å²) in [5, 5.41) is 3.41. The lowest BCUT2D eigenvalue weighted by atomic mass is 9.81. The maximum atomic E-state index is 13.0. The lowest BCUT2D eigenvalue weighted by Gasteiger charge is -2.47. The SMILES string of the molecule is CCS(=O)(=O)c1ccc(CCC(=O)c2cc3c(s2)C2(CCNCC2)OC(C)(C)C3)nc1. The topological polar surface area (TPSA) is 85.4 Å². The Kier molecular flexibility index (Phi) is 6.11. The number of hydrogen-bond donors (Lipinski definition) is 1. The fourth-order valence-corrected chi connectivity index (χ4v) is 6.74. The van der Waals surface area contributed by atoms with Crippen molar-refractivity contribution >= 4 is 27.0 Å². The molecular weight excluding hydrogens is 432 g/mol. The van der Waals surface area contributed by atoms with Gasteiger partial charge in [0.25, 0.3) is 0 Å². The van der Waals surface area contributed by atoms with Crippen molar-refractivity contribution in [2.75, 3.05) is 18.8 Å². The minimum absolute atomic E-state index is 0.0492. The van der Waals surface area contributed by atoms with Gasteiger partial charge in [0.2, 0.25) is 0 Å². The standard InChI is InChI=1S/C23H30N2O4S2/c1-4-31(27,28)18-7-5-17(25-15-18)6-8-19(26)20-13-16-14-22(2,3)29-23(21(16)30-20)9-11-24-12-10-23/h5,7,13,15,24H,4,6,8-12,14H2,1-3H3. The van der Waals surface area contributed by atoms with Crippen molar-refractivity contribution in [3.63, 3.8) is 0 Å². The third kappa shape index (κ3) is 4.62. The fourth-order valence-electron chi connectivity index (χ4n) is 4.59. The number of nitrogens with one attached hydrogen (secondary N) is 1. The number of piperidine rings is 1. The molecule has 0 unspecified atom stereocenters. The zero-order valence-corrected chi connectivity index (χ0v) is 20.0. The van der Waals surface area contributed by atoms with Crippen molar-refractivity contribution in [2.24, 2.45) is 0 Å². The molecule has 2 aliphatic rings. The van der Waals surface area contributed by atoms with Crippen LogP contribution < -0.4 is 5.32 Å². The minimum Gasteiger partial charge on any atom is -0.363 e. The van der Waals surface area contributed by atoms with Gasteiger partial charge in [-0.15, -0.1) is 11.3 Å². The first-order valence-electron chi connectivity index (χ1n) is 10.9. The molecule has 6 nitrogen and oxygen atoms in total. The van der Waals surface area contributed by atoms with Crippen LogP contribution in [0.3, 0.4) is 0 Å². The summed E-state index contributed by atoms with van der Waals surface area (Å²) in [5.41, 5.74) is 1.45. The van der Waals surface area contributed by atoms with Gasteiger partial charge in [0.15, 0.2) is 15.6 Å². The summed E-state index contributed by atoms with van der Waals surface area (Å²) in [6.07, 6.45) is 4.90. The smallest absolute Gasteiger partial charge is 0.179 e. The number of aromatic nitrogens is 1. The average molecular weight is 463 g/mol. The molecule has 2 aromatic heterocycles. The van der Waals surface area contributed by atoms with Gasteiger partial charge in [-0.2, -0.15) is 0 Å². The Labute approximate surface area is 188 Å². The van der Waals surface area contributed by atoms with E-state index in [2.05, 4.69) is 30.2 Å². The number of carbonyl (C=O) groups excluding carboxylic acids is 1. The van der Waals surface area contributed by atoms with Gasteiger partial charge in [0, 0.05) is 29.6 Å². The molecule has 0 aliphatic carbocycles. The highest BCUT2D eigenvalue weighted by atomic mass is 32.2. The summed E-state index contributed by atoms with van der Waals surface area (Å²) in [6, 6.07) is 5.35. The zero-order chi connectivity index (χ0) is 22.3. The molecule has 0 atom stereocenters. The Balaban J connectivity index is 1.49. The monoisotopic (exact) mass is 462 g/mol. The number of fused-ring (bicyclic) bond motifs is 2. The summed E-state index contributed by atoms with van der Waals surface area (Å²) in [4.78, 5) is 19.5. The first kappa shape index (κ1) is 22.6. The number of pyridine rings is 1. The number of ketones is 1. The second kappa shape index (κ2) is 8.39. The number of carbonyl (C=O) groups is 1. The van der Waals surface area contributed by atoms with E-state index in [4.69, 9.17) is 4.74 Å². The number of nitrogens with zero attached hydrogens (tertiary/aromatic N) is 1. The average Bonchev–Trinajstić information content (AvgIpc) is 3.16. The zero-order valence-electron chi connectivity index (χ0n) is 18.4. The van der Waals surface area contributed by atoms with E-state index in [0.717, 1.165) is 42.9 Å². The van der Waals surface area contributed by atoms with Gasteiger partial charge < -0.3 is 10.1 Å². The molecule has 0 aromatic carbocycles. The number of aryl methyl sites for hydroxylation is 1. The normalized spacial score (nSPS) is 19.8. The van der Waals surface area contributed by atoms with Crippen LogP contribution in [0, 0.1) is 0 Å². The largest absolute Gasteiger partial charge is 0.363 e. The van der Waals surface area contributed by atoms with Crippen molar-refractivity contribution in [1.29, 1.82) is 0 Å². The molecule has 0 bridgehead atoms. The Hall–Kier alpha value is -1.61. The van der Waals surface area contributed by atoms with Crippen molar-refractivity contribution in [3.05, 3.63) is 45.4 Å². The van der Waals surface area contributed by atoms with E-state index in [9.17, 15) is 13.2 Å². The number of Topliss-reactive ketones (excluding diaryl/α,β-unsaturated/α-hetero) is 1. The molecular formula is C23H30N2O4S2. The van der Waals surface area contributed by atoms with Gasteiger partial charge in [0.1, 0.15) is 5.60 Å². The number of rotatable bonds is 6. The quantitative estimate of drug-likeness (QED) is 0.659. The lowest BCUT2D eigenvalue weighted by Crippen LogP contribution is -2.50. The summed E-state index contributed by atoms with van der Waals surface area (Å²) in [6.45, 7) is 7.72. The fraction of sp³-hybridized carbons (Fsp3) is 0.565. The maximum Gasteiger partial charge on any atom is 0.179 e. The molecule has 1 saturated heterocycles. The van der Waals surface area contributed by atoms with E-state index < -0.39 is 9.84 Å². The summed E-state index contributed by atoms with van der Waals surface area (Å²) < 4.78 is 30.5. The molecule has 4 heterocycles. The number of hydrogen-bond acceptors (Lipinski definition) is 7. The van der Waals surface area contributed by atoms with Crippen LogP contribution in [0.1, 0.15) is 65.8 Å². The third-order valence-electron chi connectivity index (χ3n) is 6.14. The van der Waals surface area contributed by atoms with Gasteiger partial charge >= 0.3 is 0 Å². The predicted octanol–water partition coefficient (Wildman–Crippen LogP) is 3.68. The molecule has 0 saturated carbocycles. The van der Waals surface area contributed by atoms with Crippen molar-refractivity contribution in [3.8, 4) is 0 Å². The van der Waals surface area contributed by atoms with E-state index in [1.807, 2.05) is 0 Å². The number of sulfone groups is 1. The Bertz CT molecular complexity index is 1070. The highest BCUT2D eigenvalue weighted by Crippen LogP contribution is 2.49. The highest BCUT2D eigenvalue weighted by molar-refractivity contribution is 7.91. The van der Waals surface area contributed by atoms with Gasteiger partial charge in [0.05, 0.1) is 21.1 Å². The Morgan fingerprint density at radius 1 is 1.26 bits per heavy atom. The molecule has 31 heavy (non-hydrogen) atoms. The summed E-state index contributed by atoms with van der Waals surface area (Å²) in [7, 11) is -3.26. The second-order valence-corrected chi connectivity index (χ2v) is 12.4. The van der Waals surface area contributed by atoms with Gasteiger partial charge in [-0.05, 0) is 70.0 Å². The van der Waals surface area contributed by atoms with Crippen LogP contribution in [-0.4, -0.2) is 43.6 Å². The van der Waals surface area contributed by atoms with Crippen LogP contribution in [0.4, 0.5) is 0 Å². The van der Waals surface area contributed by atoms with Crippen LogP contribution in [0.5, 0.6) is 0 Å². The van der Waals surface area contributed by atoms with E-state index in [0.29, 0.717) is 12.8 Å². The van der Waals surface area contributed by atoms with Crippen LogP contribution in [0.25, 0.3) is 0 Å². The molecule has 4 rings (SSSR count). The molecule has 1 fully saturated rings. The van der Waals surface area contributed by atoms with Crippen LogP contribution in [0.2, 0.25) is 0 Å². The van der Waals surface area contributed by atoms with E-state index in [-0.39, 0.29) is 27.6 Å². The molecule has 8 heteroatoms. The first-order valence-corrected chi connectivity index (χ1v) is 13.4. The molecule has 2 aromatic rings. The van der Waals surface area contributed by atoms with Crippen LogP contribution in [-0.2, 0) is 33.0 Å². The van der Waals surface area contributed by atoms with Gasteiger partial charge in [-0.3, -0.25) is 9.78 Å². The molecule has 1 spiro atoms. The molecule has 0 amide bonds.